The van der Waals surface area contributed by atoms with Crippen LogP contribution in [0.3, 0.4) is 0 Å². The van der Waals surface area contributed by atoms with Gasteiger partial charge in [-0.25, -0.2) is 4.79 Å². The first-order chi connectivity index (χ1) is 11.1. The van der Waals surface area contributed by atoms with E-state index >= 15 is 0 Å². The molecule has 0 aliphatic heterocycles. The van der Waals surface area contributed by atoms with Crippen LogP contribution < -0.4 is 4.74 Å². The van der Waals surface area contributed by atoms with Gasteiger partial charge in [-0.15, -0.1) is 0 Å². The molecule has 0 amide bonds. The Bertz CT molecular complexity index is 809. The van der Waals surface area contributed by atoms with Crippen molar-refractivity contribution in [1.82, 2.24) is 0 Å². The van der Waals surface area contributed by atoms with E-state index in [1.165, 1.54) is 0 Å². The van der Waals surface area contributed by atoms with Gasteiger partial charge in [-0.1, -0.05) is 18.2 Å². The third-order valence-corrected chi connectivity index (χ3v) is 5.24. The Balaban J connectivity index is 2.01. The van der Waals surface area contributed by atoms with Crippen LogP contribution in [0.2, 0.25) is 0 Å². The average molecular weight is 312 g/mol. The number of aryl methyl sites for hydroxylation is 1. The lowest BCUT2D eigenvalue weighted by molar-refractivity contribution is 0.104. The molecule has 0 radical (unpaired) electrons. The molecule has 2 aromatic carbocycles. The number of ether oxygens (including phenoxy) is 2. The Hall–Kier alpha value is -2.23. The van der Waals surface area contributed by atoms with Gasteiger partial charge in [0, 0.05) is 21.9 Å². The molecule has 2 unspecified atom stereocenters. The molecule has 120 valence electrons. The minimum Gasteiger partial charge on any atom is -0.507 e. The lowest BCUT2D eigenvalue weighted by atomic mass is 9.86. The summed E-state index contributed by atoms with van der Waals surface area (Å²) in [6.45, 7) is 4.01. The van der Waals surface area contributed by atoms with E-state index in [-0.39, 0.29) is 6.61 Å². The van der Waals surface area contributed by atoms with Crippen molar-refractivity contribution in [3.8, 4) is 11.5 Å². The number of hydrogen-bond donors (Lipinski definition) is 1. The third kappa shape index (κ3) is 2.01. The average Bonchev–Trinajstić information content (AvgIpc) is 3.13. The smallest absolute Gasteiger partial charge is 0.507 e. The number of carbonyl (C=O) groups excluding carboxylic acids is 1. The van der Waals surface area contributed by atoms with Crippen LogP contribution in [0.1, 0.15) is 54.7 Å². The van der Waals surface area contributed by atoms with Gasteiger partial charge in [0.1, 0.15) is 11.5 Å². The minimum absolute atomic E-state index is 0.280. The summed E-state index contributed by atoms with van der Waals surface area (Å²) in [6.07, 6.45) is 2.56. The van der Waals surface area contributed by atoms with Gasteiger partial charge < -0.3 is 14.6 Å². The number of benzene rings is 2. The second-order valence-electron chi connectivity index (χ2n) is 6.49. The van der Waals surface area contributed by atoms with E-state index in [1.54, 1.807) is 6.92 Å². The SMILES string of the molecule is CCOC(=O)Oc1c2c(c(O)c3cccc(C)c13)C1CCC2C1. The lowest BCUT2D eigenvalue weighted by Gasteiger charge is -2.23. The summed E-state index contributed by atoms with van der Waals surface area (Å²) in [7, 11) is 0. The molecule has 2 atom stereocenters. The summed E-state index contributed by atoms with van der Waals surface area (Å²) in [6, 6.07) is 5.78. The maximum absolute atomic E-state index is 12.0. The number of phenolic OH excluding ortho intramolecular Hbond substituents is 1. The molecule has 0 aromatic heterocycles. The molecule has 1 N–H and O–H groups in total. The molecule has 2 aliphatic carbocycles. The molecule has 4 heteroatoms. The first-order valence-electron chi connectivity index (χ1n) is 8.24. The summed E-state index contributed by atoms with van der Waals surface area (Å²) in [5.41, 5.74) is 3.00. The highest BCUT2D eigenvalue weighted by molar-refractivity contribution is 5.99. The molecule has 4 nitrogen and oxygen atoms in total. The van der Waals surface area contributed by atoms with Crippen LogP contribution in [-0.4, -0.2) is 17.9 Å². The summed E-state index contributed by atoms with van der Waals surface area (Å²) < 4.78 is 10.6. The van der Waals surface area contributed by atoms with Crippen molar-refractivity contribution in [3.63, 3.8) is 0 Å². The zero-order valence-corrected chi connectivity index (χ0v) is 13.4. The van der Waals surface area contributed by atoms with E-state index in [9.17, 15) is 9.90 Å². The highest BCUT2D eigenvalue weighted by Crippen LogP contribution is 2.61. The van der Waals surface area contributed by atoms with Crippen molar-refractivity contribution < 1.29 is 19.4 Å². The molecule has 2 bridgehead atoms. The topological polar surface area (TPSA) is 55.8 Å². The van der Waals surface area contributed by atoms with E-state index in [4.69, 9.17) is 9.47 Å². The van der Waals surface area contributed by atoms with Crippen molar-refractivity contribution >= 4 is 16.9 Å². The van der Waals surface area contributed by atoms with E-state index in [0.717, 1.165) is 46.7 Å². The Morgan fingerprint density at radius 1 is 1.26 bits per heavy atom. The van der Waals surface area contributed by atoms with Gasteiger partial charge in [-0.2, -0.15) is 0 Å². The summed E-state index contributed by atoms with van der Waals surface area (Å²) >= 11 is 0. The Morgan fingerprint density at radius 2 is 2.00 bits per heavy atom. The molecule has 23 heavy (non-hydrogen) atoms. The Morgan fingerprint density at radius 3 is 2.74 bits per heavy atom. The zero-order valence-electron chi connectivity index (χ0n) is 13.4. The first-order valence-corrected chi connectivity index (χ1v) is 8.24. The van der Waals surface area contributed by atoms with E-state index in [2.05, 4.69) is 0 Å². The van der Waals surface area contributed by atoms with Gasteiger partial charge in [-0.05, 0) is 50.5 Å². The molecule has 0 heterocycles. The van der Waals surface area contributed by atoms with E-state index in [0.29, 0.717) is 23.3 Å². The normalized spacial score (nSPS) is 21.5. The van der Waals surface area contributed by atoms with Gasteiger partial charge in [0.15, 0.2) is 0 Å². The monoisotopic (exact) mass is 312 g/mol. The second kappa shape index (κ2) is 5.15. The van der Waals surface area contributed by atoms with Crippen molar-refractivity contribution in [2.24, 2.45) is 0 Å². The predicted molar refractivity (Wildman–Crippen MR) is 87.3 cm³/mol. The van der Waals surface area contributed by atoms with Gasteiger partial charge in [0.25, 0.3) is 0 Å². The highest BCUT2D eigenvalue weighted by Gasteiger charge is 2.43. The zero-order chi connectivity index (χ0) is 16.1. The number of aromatic hydroxyl groups is 1. The van der Waals surface area contributed by atoms with Crippen LogP contribution in [0.4, 0.5) is 4.79 Å². The van der Waals surface area contributed by atoms with Crippen molar-refractivity contribution in [2.45, 2.75) is 44.9 Å². The fourth-order valence-corrected chi connectivity index (χ4v) is 4.36. The molecule has 2 aromatic rings. The highest BCUT2D eigenvalue weighted by atomic mass is 16.7. The van der Waals surface area contributed by atoms with Crippen molar-refractivity contribution in [3.05, 3.63) is 34.9 Å². The Labute approximate surface area is 135 Å². The molecule has 0 saturated heterocycles. The van der Waals surface area contributed by atoms with Crippen molar-refractivity contribution in [1.29, 1.82) is 0 Å². The molecule has 4 rings (SSSR count). The van der Waals surface area contributed by atoms with Crippen LogP contribution in [0.15, 0.2) is 18.2 Å². The maximum Gasteiger partial charge on any atom is 0.513 e. The molecule has 2 aliphatic rings. The van der Waals surface area contributed by atoms with Crippen LogP contribution in [0.25, 0.3) is 10.8 Å². The number of fused-ring (bicyclic) bond motifs is 6. The lowest BCUT2D eigenvalue weighted by Crippen LogP contribution is -2.13. The van der Waals surface area contributed by atoms with Crippen LogP contribution in [-0.2, 0) is 4.74 Å². The summed E-state index contributed by atoms with van der Waals surface area (Å²) in [4.78, 5) is 12.0. The number of carbonyl (C=O) groups is 1. The van der Waals surface area contributed by atoms with Crippen LogP contribution in [0.5, 0.6) is 11.5 Å². The quantitative estimate of drug-likeness (QED) is 0.642. The van der Waals surface area contributed by atoms with E-state index in [1.807, 2.05) is 25.1 Å². The van der Waals surface area contributed by atoms with Crippen molar-refractivity contribution in [2.75, 3.05) is 6.61 Å². The van der Waals surface area contributed by atoms with E-state index < -0.39 is 6.16 Å². The molecular formula is C19H20O4. The van der Waals surface area contributed by atoms with Crippen LogP contribution in [0, 0.1) is 6.92 Å². The van der Waals surface area contributed by atoms with Gasteiger partial charge >= 0.3 is 6.16 Å². The van der Waals surface area contributed by atoms with Gasteiger partial charge in [0.2, 0.25) is 0 Å². The maximum atomic E-state index is 12.0. The molecular weight excluding hydrogens is 292 g/mol. The molecule has 1 saturated carbocycles. The standard InChI is InChI=1S/C19H20O4/c1-3-22-19(21)23-18-14-10(2)5-4-6-13(14)17(20)15-11-7-8-12(9-11)16(15)18/h4-6,11-12,20H,3,7-9H2,1-2H3. The minimum atomic E-state index is -0.673. The number of rotatable bonds is 2. The number of hydrogen-bond acceptors (Lipinski definition) is 4. The molecule has 1 fully saturated rings. The fraction of sp³-hybridized carbons (Fsp3) is 0.421. The predicted octanol–water partition coefficient (Wildman–Crippen LogP) is 4.75. The molecule has 0 spiro atoms. The van der Waals surface area contributed by atoms with Gasteiger partial charge in [0.05, 0.1) is 6.61 Å². The Kier molecular flexibility index (Phi) is 3.22. The second-order valence-corrected chi connectivity index (χ2v) is 6.49. The summed E-state index contributed by atoms with van der Waals surface area (Å²) in [5.74, 6) is 1.71. The van der Waals surface area contributed by atoms with Crippen LogP contribution >= 0.6 is 0 Å². The third-order valence-electron chi connectivity index (χ3n) is 5.24. The first kappa shape index (κ1) is 14.4. The largest absolute Gasteiger partial charge is 0.513 e. The van der Waals surface area contributed by atoms with Gasteiger partial charge in [-0.3, -0.25) is 0 Å². The summed E-state index contributed by atoms with van der Waals surface area (Å²) in [5, 5.41) is 12.4. The number of phenols is 1. The fourth-order valence-electron chi connectivity index (χ4n) is 4.36.